The van der Waals surface area contributed by atoms with Crippen molar-refractivity contribution < 1.29 is 0 Å². The number of aryl methyl sites for hydroxylation is 1. The van der Waals surface area contributed by atoms with Crippen LogP contribution in [0.2, 0.25) is 5.02 Å². The third-order valence-corrected chi connectivity index (χ3v) is 4.84. The summed E-state index contributed by atoms with van der Waals surface area (Å²) in [6.45, 7) is 5.28. The SMILES string of the molecule is CC(C)(CCN)CCc1nc2cccc(Cl)c2s1. The van der Waals surface area contributed by atoms with E-state index in [1.807, 2.05) is 18.2 Å². The summed E-state index contributed by atoms with van der Waals surface area (Å²) in [6, 6.07) is 5.89. The van der Waals surface area contributed by atoms with Crippen LogP contribution in [0.3, 0.4) is 0 Å². The van der Waals surface area contributed by atoms with Crippen LogP contribution in [-0.2, 0) is 6.42 Å². The lowest BCUT2D eigenvalue weighted by atomic mass is 9.84. The molecule has 0 unspecified atom stereocenters. The van der Waals surface area contributed by atoms with E-state index in [0.29, 0.717) is 0 Å². The molecule has 0 aliphatic heterocycles. The van der Waals surface area contributed by atoms with Gasteiger partial charge in [-0.25, -0.2) is 4.98 Å². The molecule has 4 heteroatoms. The van der Waals surface area contributed by atoms with E-state index in [1.165, 1.54) is 5.01 Å². The molecule has 18 heavy (non-hydrogen) atoms. The van der Waals surface area contributed by atoms with E-state index < -0.39 is 0 Å². The van der Waals surface area contributed by atoms with E-state index in [0.717, 1.165) is 41.0 Å². The third kappa shape index (κ3) is 3.22. The Morgan fingerprint density at radius 2 is 2.11 bits per heavy atom. The Morgan fingerprint density at radius 3 is 2.78 bits per heavy atom. The van der Waals surface area contributed by atoms with Crippen LogP contribution in [0.25, 0.3) is 10.2 Å². The van der Waals surface area contributed by atoms with Crippen molar-refractivity contribution in [3.05, 3.63) is 28.2 Å². The van der Waals surface area contributed by atoms with Gasteiger partial charge in [0.2, 0.25) is 0 Å². The molecule has 0 saturated heterocycles. The normalized spacial score (nSPS) is 12.2. The van der Waals surface area contributed by atoms with Crippen molar-refractivity contribution in [3.8, 4) is 0 Å². The number of hydrogen-bond donors (Lipinski definition) is 1. The minimum absolute atomic E-state index is 0.288. The maximum Gasteiger partial charge on any atom is 0.0939 e. The standard InChI is InChI=1S/C14H19ClN2S/c1-14(2,8-9-16)7-6-12-17-11-5-3-4-10(15)13(11)18-12/h3-5H,6-9,16H2,1-2H3. The largest absolute Gasteiger partial charge is 0.330 e. The summed E-state index contributed by atoms with van der Waals surface area (Å²) in [5.41, 5.74) is 6.94. The summed E-state index contributed by atoms with van der Waals surface area (Å²) in [5, 5.41) is 1.97. The molecular formula is C14H19ClN2S. The van der Waals surface area contributed by atoms with Gasteiger partial charge in [0.15, 0.2) is 0 Å². The molecule has 0 bridgehead atoms. The van der Waals surface area contributed by atoms with E-state index in [4.69, 9.17) is 17.3 Å². The molecule has 2 rings (SSSR count). The minimum Gasteiger partial charge on any atom is -0.330 e. The van der Waals surface area contributed by atoms with Crippen molar-refractivity contribution >= 4 is 33.2 Å². The topological polar surface area (TPSA) is 38.9 Å². The molecule has 98 valence electrons. The molecule has 0 atom stereocenters. The van der Waals surface area contributed by atoms with Gasteiger partial charge in [0.05, 0.1) is 20.2 Å². The van der Waals surface area contributed by atoms with Crippen LogP contribution in [-0.4, -0.2) is 11.5 Å². The zero-order valence-electron chi connectivity index (χ0n) is 10.9. The van der Waals surface area contributed by atoms with Crippen molar-refractivity contribution in [2.24, 2.45) is 11.1 Å². The van der Waals surface area contributed by atoms with Crippen LogP contribution < -0.4 is 5.73 Å². The number of thiazole rings is 1. The van der Waals surface area contributed by atoms with Crippen LogP contribution in [0, 0.1) is 5.41 Å². The molecule has 1 aromatic heterocycles. The lowest BCUT2D eigenvalue weighted by Gasteiger charge is -2.22. The van der Waals surface area contributed by atoms with E-state index in [1.54, 1.807) is 11.3 Å². The zero-order valence-corrected chi connectivity index (χ0v) is 12.4. The predicted octanol–water partition coefficient (Wildman–Crippen LogP) is 4.26. The average Bonchev–Trinajstić information content (AvgIpc) is 2.71. The van der Waals surface area contributed by atoms with Crippen LogP contribution >= 0.6 is 22.9 Å². The second kappa shape index (κ2) is 5.55. The summed E-state index contributed by atoms with van der Waals surface area (Å²) in [5.74, 6) is 0. The van der Waals surface area contributed by atoms with Gasteiger partial charge < -0.3 is 5.73 Å². The number of fused-ring (bicyclic) bond motifs is 1. The van der Waals surface area contributed by atoms with Crippen molar-refractivity contribution in [1.29, 1.82) is 0 Å². The monoisotopic (exact) mass is 282 g/mol. The Kier molecular flexibility index (Phi) is 4.25. The van der Waals surface area contributed by atoms with Gasteiger partial charge in [0.25, 0.3) is 0 Å². The van der Waals surface area contributed by atoms with Gasteiger partial charge in [0, 0.05) is 0 Å². The van der Waals surface area contributed by atoms with E-state index in [9.17, 15) is 0 Å². The predicted molar refractivity (Wildman–Crippen MR) is 80.4 cm³/mol. The van der Waals surface area contributed by atoms with E-state index >= 15 is 0 Å². The number of halogens is 1. The second-order valence-corrected chi connectivity index (χ2v) is 6.89. The van der Waals surface area contributed by atoms with Crippen LogP contribution in [0.1, 0.15) is 31.7 Å². The number of benzene rings is 1. The highest BCUT2D eigenvalue weighted by atomic mass is 35.5. The number of hydrogen-bond acceptors (Lipinski definition) is 3. The van der Waals surface area contributed by atoms with Crippen LogP contribution in [0.5, 0.6) is 0 Å². The Hall–Kier alpha value is -0.640. The van der Waals surface area contributed by atoms with Gasteiger partial charge in [0.1, 0.15) is 0 Å². The molecule has 2 N–H and O–H groups in total. The molecule has 1 aromatic carbocycles. The van der Waals surface area contributed by atoms with Gasteiger partial charge in [-0.3, -0.25) is 0 Å². The Bertz CT molecular complexity index is 534. The molecule has 0 aliphatic carbocycles. The van der Waals surface area contributed by atoms with Gasteiger partial charge in [-0.1, -0.05) is 31.5 Å². The van der Waals surface area contributed by atoms with Crippen molar-refractivity contribution in [2.45, 2.75) is 33.1 Å². The number of rotatable bonds is 5. The Balaban J connectivity index is 2.11. The van der Waals surface area contributed by atoms with Crippen molar-refractivity contribution in [3.63, 3.8) is 0 Å². The molecule has 0 spiro atoms. The maximum absolute atomic E-state index is 6.16. The first-order valence-electron chi connectivity index (χ1n) is 6.26. The summed E-state index contributed by atoms with van der Waals surface area (Å²) in [7, 11) is 0. The van der Waals surface area contributed by atoms with Crippen molar-refractivity contribution in [1.82, 2.24) is 4.98 Å². The van der Waals surface area contributed by atoms with Gasteiger partial charge in [-0.05, 0) is 43.4 Å². The quantitative estimate of drug-likeness (QED) is 0.890. The number of aromatic nitrogens is 1. The van der Waals surface area contributed by atoms with E-state index in [-0.39, 0.29) is 5.41 Å². The average molecular weight is 283 g/mol. The molecule has 1 heterocycles. The number of nitrogens with zero attached hydrogens (tertiary/aromatic N) is 1. The first-order valence-corrected chi connectivity index (χ1v) is 7.45. The van der Waals surface area contributed by atoms with Crippen LogP contribution in [0.4, 0.5) is 0 Å². The molecule has 0 amide bonds. The highest BCUT2D eigenvalue weighted by Gasteiger charge is 2.17. The second-order valence-electron chi connectivity index (χ2n) is 5.40. The van der Waals surface area contributed by atoms with Gasteiger partial charge in [-0.2, -0.15) is 0 Å². The molecular weight excluding hydrogens is 264 g/mol. The molecule has 2 nitrogen and oxygen atoms in total. The number of nitrogens with two attached hydrogens (primary N) is 1. The fraction of sp³-hybridized carbons (Fsp3) is 0.500. The molecule has 0 fully saturated rings. The minimum atomic E-state index is 0.288. The van der Waals surface area contributed by atoms with Crippen molar-refractivity contribution in [2.75, 3.05) is 6.54 Å². The third-order valence-electron chi connectivity index (χ3n) is 3.25. The zero-order chi connectivity index (χ0) is 13.2. The Morgan fingerprint density at radius 1 is 1.33 bits per heavy atom. The lowest BCUT2D eigenvalue weighted by Crippen LogP contribution is -2.17. The summed E-state index contributed by atoms with van der Waals surface area (Å²) >= 11 is 7.87. The van der Waals surface area contributed by atoms with Gasteiger partial charge in [-0.15, -0.1) is 11.3 Å². The summed E-state index contributed by atoms with van der Waals surface area (Å²) < 4.78 is 1.10. The fourth-order valence-corrected chi connectivity index (χ4v) is 3.28. The van der Waals surface area contributed by atoms with Crippen LogP contribution in [0.15, 0.2) is 18.2 Å². The Labute approximate surface area is 117 Å². The summed E-state index contributed by atoms with van der Waals surface area (Å²) in [4.78, 5) is 4.64. The first kappa shape index (κ1) is 13.8. The molecule has 0 radical (unpaired) electrons. The maximum atomic E-state index is 6.16. The van der Waals surface area contributed by atoms with E-state index in [2.05, 4.69) is 18.8 Å². The lowest BCUT2D eigenvalue weighted by molar-refractivity contribution is 0.313. The molecule has 0 aliphatic rings. The first-order chi connectivity index (χ1) is 8.52. The molecule has 2 aromatic rings. The molecule has 0 saturated carbocycles. The fourth-order valence-electron chi connectivity index (χ4n) is 2.03. The van der Waals surface area contributed by atoms with Gasteiger partial charge >= 0.3 is 0 Å². The smallest absolute Gasteiger partial charge is 0.0939 e. The highest BCUT2D eigenvalue weighted by molar-refractivity contribution is 7.19. The highest BCUT2D eigenvalue weighted by Crippen LogP contribution is 2.32. The summed E-state index contributed by atoms with van der Waals surface area (Å²) in [6.07, 6.45) is 3.17.